The molecular formula is C16H18O. The topological polar surface area (TPSA) is 20.2 Å². The van der Waals surface area contributed by atoms with Crippen LogP contribution >= 0.6 is 0 Å². The third-order valence-corrected chi connectivity index (χ3v) is 2.93. The lowest BCUT2D eigenvalue weighted by molar-refractivity contribution is 0.183. The highest BCUT2D eigenvalue weighted by Crippen LogP contribution is 2.26. The average molecular weight is 226 g/mol. The Morgan fingerprint density at radius 2 is 1.82 bits per heavy atom. The first-order valence-electron chi connectivity index (χ1n) is 5.97. The second-order valence-electron chi connectivity index (χ2n) is 4.60. The summed E-state index contributed by atoms with van der Waals surface area (Å²) in [6.45, 7) is 4.10. The molecule has 2 rings (SSSR count). The molecule has 0 unspecified atom stereocenters. The number of benzene rings is 2. The number of fused-ring (bicyclic) bond motifs is 1. The second kappa shape index (κ2) is 5.15. The van der Waals surface area contributed by atoms with Gasteiger partial charge in [-0.1, -0.05) is 54.1 Å². The van der Waals surface area contributed by atoms with Gasteiger partial charge in [-0.05, 0) is 36.6 Å². The molecule has 1 nitrogen and oxygen atoms in total. The van der Waals surface area contributed by atoms with E-state index >= 15 is 0 Å². The van der Waals surface area contributed by atoms with E-state index in [0.717, 1.165) is 10.9 Å². The Morgan fingerprint density at radius 3 is 2.59 bits per heavy atom. The molecule has 2 aromatic rings. The summed E-state index contributed by atoms with van der Waals surface area (Å²) in [7, 11) is 0. The molecule has 0 aliphatic rings. The summed E-state index contributed by atoms with van der Waals surface area (Å²) < 4.78 is 0. The van der Waals surface area contributed by atoms with E-state index in [2.05, 4.69) is 38.1 Å². The molecule has 0 heterocycles. The van der Waals surface area contributed by atoms with Crippen molar-refractivity contribution in [2.45, 2.75) is 26.4 Å². The van der Waals surface area contributed by atoms with Gasteiger partial charge in [-0.2, -0.15) is 0 Å². The smallest absolute Gasteiger partial charge is 0.0830 e. The first-order valence-corrected chi connectivity index (χ1v) is 5.97. The standard InChI is InChI=1S/C16H18O/c1-12(2)10-11-16(17)15-9-5-7-13-6-3-4-8-14(13)15/h3-10,16-17H,11H2,1-2H3/t16-/m0/s1. The van der Waals surface area contributed by atoms with Gasteiger partial charge in [0.15, 0.2) is 0 Å². The fraction of sp³-hybridized carbons (Fsp3) is 0.250. The molecule has 0 bridgehead atoms. The van der Waals surface area contributed by atoms with Crippen LogP contribution in [-0.2, 0) is 0 Å². The molecule has 17 heavy (non-hydrogen) atoms. The van der Waals surface area contributed by atoms with Crippen molar-refractivity contribution in [2.24, 2.45) is 0 Å². The van der Waals surface area contributed by atoms with Crippen LogP contribution in [0.15, 0.2) is 54.1 Å². The molecule has 0 spiro atoms. The van der Waals surface area contributed by atoms with E-state index in [4.69, 9.17) is 0 Å². The predicted octanol–water partition coefficient (Wildman–Crippen LogP) is 4.23. The van der Waals surface area contributed by atoms with Crippen LogP contribution in [-0.4, -0.2) is 5.11 Å². The normalized spacial score (nSPS) is 12.4. The molecule has 88 valence electrons. The third kappa shape index (κ3) is 2.75. The first kappa shape index (κ1) is 11.9. The number of hydrogen-bond acceptors (Lipinski definition) is 1. The lowest BCUT2D eigenvalue weighted by Crippen LogP contribution is -1.97. The fourth-order valence-corrected chi connectivity index (χ4v) is 2.02. The third-order valence-electron chi connectivity index (χ3n) is 2.93. The van der Waals surface area contributed by atoms with Crippen molar-refractivity contribution in [3.8, 4) is 0 Å². The largest absolute Gasteiger partial charge is 0.388 e. The Bertz CT molecular complexity index is 531. The van der Waals surface area contributed by atoms with Crippen LogP contribution in [0.3, 0.4) is 0 Å². The van der Waals surface area contributed by atoms with Crippen LogP contribution in [0.1, 0.15) is 31.9 Å². The van der Waals surface area contributed by atoms with E-state index in [0.29, 0.717) is 6.42 Å². The van der Waals surface area contributed by atoms with E-state index in [-0.39, 0.29) is 0 Å². The minimum absolute atomic E-state index is 0.420. The zero-order valence-corrected chi connectivity index (χ0v) is 10.4. The molecule has 0 saturated heterocycles. The van der Waals surface area contributed by atoms with Gasteiger partial charge in [0, 0.05) is 0 Å². The maximum Gasteiger partial charge on any atom is 0.0830 e. The highest BCUT2D eigenvalue weighted by atomic mass is 16.3. The molecule has 0 aromatic heterocycles. The van der Waals surface area contributed by atoms with E-state index < -0.39 is 6.10 Å². The van der Waals surface area contributed by atoms with Gasteiger partial charge in [-0.15, -0.1) is 0 Å². The van der Waals surface area contributed by atoms with E-state index in [1.165, 1.54) is 11.0 Å². The monoisotopic (exact) mass is 226 g/mol. The van der Waals surface area contributed by atoms with Crippen LogP contribution in [0.5, 0.6) is 0 Å². The van der Waals surface area contributed by atoms with Gasteiger partial charge in [0.2, 0.25) is 0 Å². The van der Waals surface area contributed by atoms with Crippen molar-refractivity contribution in [3.05, 3.63) is 59.7 Å². The highest BCUT2D eigenvalue weighted by molar-refractivity contribution is 5.85. The van der Waals surface area contributed by atoms with Crippen molar-refractivity contribution in [2.75, 3.05) is 0 Å². The molecule has 0 aliphatic heterocycles. The van der Waals surface area contributed by atoms with Crippen molar-refractivity contribution in [1.29, 1.82) is 0 Å². The summed E-state index contributed by atoms with van der Waals surface area (Å²) in [6.07, 6.45) is 2.33. The quantitative estimate of drug-likeness (QED) is 0.776. The zero-order valence-electron chi connectivity index (χ0n) is 10.4. The maximum absolute atomic E-state index is 10.2. The summed E-state index contributed by atoms with van der Waals surface area (Å²) in [4.78, 5) is 0. The van der Waals surface area contributed by atoms with Crippen LogP contribution in [0.25, 0.3) is 10.8 Å². The molecule has 1 atom stereocenters. The summed E-state index contributed by atoms with van der Waals surface area (Å²) >= 11 is 0. The number of aliphatic hydroxyl groups excluding tert-OH is 1. The summed E-state index contributed by atoms with van der Waals surface area (Å²) in [5, 5.41) is 12.5. The van der Waals surface area contributed by atoms with Gasteiger partial charge in [0.1, 0.15) is 0 Å². The SMILES string of the molecule is CC(C)=CC[C@H](O)c1cccc2ccccc12. The molecule has 0 fully saturated rings. The molecular weight excluding hydrogens is 208 g/mol. The van der Waals surface area contributed by atoms with E-state index in [1.807, 2.05) is 24.3 Å². The van der Waals surface area contributed by atoms with Crippen molar-refractivity contribution >= 4 is 10.8 Å². The molecule has 0 amide bonds. The Hall–Kier alpha value is -1.60. The number of aliphatic hydroxyl groups is 1. The van der Waals surface area contributed by atoms with Gasteiger partial charge >= 0.3 is 0 Å². The Kier molecular flexibility index (Phi) is 3.60. The Balaban J connectivity index is 2.38. The summed E-state index contributed by atoms with van der Waals surface area (Å²) in [5.74, 6) is 0. The van der Waals surface area contributed by atoms with Gasteiger partial charge in [0.05, 0.1) is 6.10 Å². The molecule has 0 aliphatic carbocycles. The van der Waals surface area contributed by atoms with Gasteiger partial charge in [-0.3, -0.25) is 0 Å². The van der Waals surface area contributed by atoms with Gasteiger partial charge < -0.3 is 5.11 Å². The van der Waals surface area contributed by atoms with Crippen molar-refractivity contribution < 1.29 is 5.11 Å². The Morgan fingerprint density at radius 1 is 1.12 bits per heavy atom. The maximum atomic E-state index is 10.2. The minimum atomic E-state index is -0.420. The van der Waals surface area contributed by atoms with E-state index in [1.54, 1.807) is 0 Å². The number of hydrogen-bond donors (Lipinski definition) is 1. The number of allylic oxidation sites excluding steroid dienone is 1. The minimum Gasteiger partial charge on any atom is -0.388 e. The predicted molar refractivity (Wildman–Crippen MR) is 73.0 cm³/mol. The van der Waals surface area contributed by atoms with Crippen LogP contribution in [0.4, 0.5) is 0 Å². The van der Waals surface area contributed by atoms with E-state index in [9.17, 15) is 5.11 Å². The second-order valence-corrected chi connectivity index (χ2v) is 4.60. The zero-order chi connectivity index (χ0) is 12.3. The van der Waals surface area contributed by atoms with Crippen LogP contribution in [0.2, 0.25) is 0 Å². The van der Waals surface area contributed by atoms with Crippen LogP contribution in [0, 0.1) is 0 Å². The van der Waals surface area contributed by atoms with Crippen molar-refractivity contribution in [3.63, 3.8) is 0 Å². The van der Waals surface area contributed by atoms with Crippen LogP contribution < -0.4 is 0 Å². The number of rotatable bonds is 3. The van der Waals surface area contributed by atoms with Gasteiger partial charge in [0.25, 0.3) is 0 Å². The first-order chi connectivity index (χ1) is 8.18. The van der Waals surface area contributed by atoms with Crippen molar-refractivity contribution in [1.82, 2.24) is 0 Å². The Labute approximate surface area is 102 Å². The lowest BCUT2D eigenvalue weighted by Gasteiger charge is -2.12. The molecule has 0 saturated carbocycles. The van der Waals surface area contributed by atoms with Gasteiger partial charge in [-0.25, -0.2) is 0 Å². The highest BCUT2D eigenvalue weighted by Gasteiger charge is 2.09. The summed E-state index contributed by atoms with van der Waals surface area (Å²) in [6, 6.07) is 14.3. The fourth-order valence-electron chi connectivity index (χ4n) is 2.02. The molecule has 0 radical (unpaired) electrons. The molecule has 1 N–H and O–H groups in total. The summed E-state index contributed by atoms with van der Waals surface area (Å²) in [5.41, 5.74) is 2.25. The lowest BCUT2D eigenvalue weighted by atomic mass is 9.98. The average Bonchev–Trinajstić information content (AvgIpc) is 2.35. The molecule has 1 heteroatoms. The molecule has 2 aromatic carbocycles.